The van der Waals surface area contributed by atoms with Crippen molar-refractivity contribution in [3.05, 3.63) is 61.1 Å². The van der Waals surface area contributed by atoms with Crippen LogP contribution >= 0.6 is 0 Å². The normalized spacial score (nSPS) is 14.6. The molecule has 6 heteroatoms. The molecule has 1 fully saturated rings. The van der Waals surface area contributed by atoms with Gasteiger partial charge in [0.05, 0.1) is 18.6 Å². The first-order valence-corrected chi connectivity index (χ1v) is 8.52. The van der Waals surface area contributed by atoms with E-state index in [1.54, 1.807) is 12.4 Å². The number of anilines is 1. The van der Waals surface area contributed by atoms with Gasteiger partial charge in [0.1, 0.15) is 17.7 Å². The van der Waals surface area contributed by atoms with Crippen LogP contribution in [0.2, 0.25) is 0 Å². The average molecular weight is 345 g/mol. The van der Waals surface area contributed by atoms with Crippen LogP contribution in [0, 0.1) is 0 Å². The third-order valence-corrected chi connectivity index (χ3v) is 4.74. The molecule has 5 nitrogen and oxygen atoms in total. The summed E-state index contributed by atoms with van der Waals surface area (Å²) in [6, 6.07) is 14.1. The Labute approximate surface area is 149 Å². The number of hydrogen-bond acceptors (Lipinski definition) is 4. The quantitative estimate of drug-likeness (QED) is 0.613. The van der Waals surface area contributed by atoms with Crippen molar-refractivity contribution in [2.75, 3.05) is 18.0 Å². The Bertz CT molecular complexity index is 1070. The van der Waals surface area contributed by atoms with E-state index in [1.807, 2.05) is 41.4 Å². The van der Waals surface area contributed by atoms with Crippen LogP contribution in [0.4, 0.5) is 10.2 Å². The van der Waals surface area contributed by atoms with Crippen LogP contribution in [0.15, 0.2) is 61.1 Å². The first-order valence-electron chi connectivity index (χ1n) is 8.52. The molecule has 4 aromatic rings. The van der Waals surface area contributed by atoms with Crippen LogP contribution in [-0.4, -0.2) is 39.4 Å². The summed E-state index contributed by atoms with van der Waals surface area (Å²) in [6.45, 7) is 0.811. The standard InChI is InChI=1S/C20H16FN5/c21-16-11-26(12-16)19-9-14(5-7-23-19)20-17-8-13(3-4-18(17)24-25-20)15-2-1-6-22-10-15/h1-10,16H,11-12H2,(H,24,25). The first-order chi connectivity index (χ1) is 12.8. The van der Waals surface area contributed by atoms with Gasteiger partial charge in [0.15, 0.2) is 0 Å². The Balaban J connectivity index is 1.58. The van der Waals surface area contributed by atoms with E-state index in [4.69, 9.17) is 0 Å². The molecule has 1 aliphatic heterocycles. The van der Waals surface area contributed by atoms with Crippen LogP contribution < -0.4 is 4.90 Å². The predicted molar refractivity (Wildman–Crippen MR) is 99.7 cm³/mol. The average Bonchev–Trinajstić information content (AvgIpc) is 3.09. The summed E-state index contributed by atoms with van der Waals surface area (Å²) >= 11 is 0. The lowest BCUT2D eigenvalue weighted by molar-refractivity contribution is 0.273. The first kappa shape index (κ1) is 15.0. The fraction of sp³-hybridized carbons (Fsp3) is 0.150. The molecule has 1 aliphatic rings. The van der Waals surface area contributed by atoms with Crippen LogP contribution in [-0.2, 0) is 0 Å². The molecule has 128 valence electrons. The van der Waals surface area contributed by atoms with Crippen molar-refractivity contribution in [2.24, 2.45) is 0 Å². The van der Waals surface area contributed by atoms with Crippen molar-refractivity contribution >= 4 is 16.7 Å². The monoisotopic (exact) mass is 345 g/mol. The van der Waals surface area contributed by atoms with E-state index in [0.717, 1.165) is 39.1 Å². The zero-order valence-electron chi connectivity index (χ0n) is 13.9. The molecule has 1 saturated heterocycles. The summed E-state index contributed by atoms with van der Waals surface area (Å²) in [7, 11) is 0. The highest BCUT2D eigenvalue weighted by Crippen LogP contribution is 2.32. The molecule has 0 unspecified atom stereocenters. The molecule has 0 aliphatic carbocycles. The molecule has 0 saturated carbocycles. The van der Waals surface area contributed by atoms with Crippen LogP contribution in [0.3, 0.4) is 0 Å². The molecule has 5 rings (SSSR count). The van der Waals surface area contributed by atoms with Crippen molar-refractivity contribution in [1.82, 2.24) is 20.2 Å². The highest BCUT2D eigenvalue weighted by molar-refractivity contribution is 5.95. The Morgan fingerprint density at radius 3 is 2.73 bits per heavy atom. The zero-order valence-corrected chi connectivity index (χ0v) is 13.9. The van der Waals surface area contributed by atoms with Crippen LogP contribution in [0.5, 0.6) is 0 Å². The van der Waals surface area contributed by atoms with Crippen molar-refractivity contribution < 1.29 is 4.39 Å². The molecule has 0 radical (unpaired) electrons. The van der Waals surface area contributed by atoms with Gasteiger partial charge in [0, 0.05) is 35.1 Å². The van der Waals surface area contributed by atoms with E-state index in [1.165, 1.54) is 0 Å². The number of alkyl halides is 1. The third-order valence-electron chi connectivity index (χ3n) is 4.74. The van der Waals surface area contributed by atoms with Crippen LogP contribution in [0.1, 0.15) is 0 Å². The van der Waals surface area contributed by atoms with Gasteiger partial charge in [0.2, 0.25) is 0 Å². The number of hydrogen-bond donors (Lipinski definition) is 1. The minimum atomic E-state index is -0.756. The van der Waals surface area contributed by atoms with E-state index in [2.05, 4.69) is 32.3 Å². The zero-order chi connectivity index (χ0) is 17.5. The van der Waals surface area contributed by atoms with Gasteiger partial charge in [-0.05, 0) is 35.9 Å². The lowest BCUT2D eigenvalue weighted by Gasteiger charge is -2.35. The van der Waals surface area contributed by atoms with Crippen molar-refractivity contribution in [3.8, 4) is 22.4 Å². The minimum absolute atomic E-state index is 0.406. The highest BCUT2D eigenvalue weighted by Gasteiger charge is 2.27. The maximum atomic E-state index is 13.1. The van der Waals surface area contributed by atoms with Crippen molar-refractivity contribution in [1.29, 1.82) is 0 Å². The van der Waals surface area contributed by atoms with E-state index in [0.29, 0.717) is 13.1 Å². The second-order valence-corrected chi connectivity index (χ2v) is 6.48. The van der Waals surface area contributed by atoms with Gasteiger partial charge in [-0.3, -0.25) is 10.1 Å². The number of aromatic amines is 1. The number of halogens is 1. The van der Waals surface area contributed by atoms with Gasteiger partial charge < -0.3 is 4.90 Å². The molecular formula is C20H16FN5. The van der Waals surface area contributed by atoms with Crippen molar-refractivity contribution in [2.45, 2.75) is 6.17 Å². The maximum absolute atomic E-state index is 13.1. The second-order valence-electron chi connectivity index (χ2n) is 6.48. The summed E-state index contributed by atoms with van der Waals surface area (Å²) in [5, 5.41) is 8.63. The molecule has 0 amide bonds. The Kier molecular flexibility index (Phi) is 3.41. The van der Waals surface area contributed by atoms with E-state index >= 15 is 0 Å². The molecule has 1 N–H and O–H groups in total. The number of fused-ring (bicyclic) bond motifs is 1. The SMILES string of the molecule is FC1CN(c2cc(-c3n[nH]c4ccc(-c5cccnc5)cc34)ccn2)C1. The van der Waals surface area contributed by atoms with Crippen LogP contribution in [0.25, 0.3) is 33.3 Å². The molecule has 4 heterocycles. The van der Waals surface area contributed by atoms with Gasteiger partial charge in [-0.25, -0.2) is 9.37 Å². The lowest BCUT2D eigenvalue weighted by atomic mass is 10.0. The van der Waals surface area contributed by atoms with E-state index in [-0.39, 0.29) is 0 Å². The Morgan fingerprint density at radius 1 is 1.00 bits per heavy atom. The number of H-pyrrole nitrogens is 1. The number of rotatable bonds is 3. The molecule has 0 spiro atoms. The molecule has 0 bridgehead atoms. The lowest BCUT2D eigenvalue weighted by Crippen LogP contribution is -2.48. The summed E-state index contributed by atoms with van der Waals surface area (Å²) in [6.07, 6.45) is 4.61. The van der Waals surface area contributed by atoms with Gasteiger partial charge in [-0.2, -0.15) is 5.10 Å². The Morgan fingerprint density at radius 2 is 1.92 bits per heavy atom. The van der Waals surface area contributed by atoms with Gasteiger partial charge in [0.25, 0.3) is 0 Å². The van der Waals surface area contributed by atoms with Gasteiger partial charge in [-0.15, -0.1) is 0 Å². The smallest absolute Gasteiger partial charge is 0.135 e. The summed E-state index contributed by atoms with van der Waals surface area (Å²) < 4.78 is 13.1. The molecular weight excluding hydrogens is 329 g/mol. The molecule has 0 atom stereocenters. The summed E-state index contributed by atoms with van der Waals surface area (Å²) in [4.78, 5) is 10.5. The number of aromatic nitrogens is 4. The molecule has 1 aromatic carbocycles. The topological polar surface area (TPSA) is 57.7 Å². The number of pyridine rings is 2. The third kappa shape index (κ3) is 2.50. The number of nitrogens with zero attached hydrogens (tertiary/aromatic N) is 4. The van der Waals surface area contributed by atoms with E-state index < -0.39 is 6.17 Å². The number of nitrogens with one attached hydrogen (secondary N) is 1. The fourth-order valence-electron chi connectivity index (χ4n) is 3.30. The minimum Gasteiger partial charge on any atom is -0.351 e. The second kappa shape index (κ2) is 5.91. The molecule has 26 heavy (non-hydrogen) atoms. The highest BCUT2D eigenvalue weighted by atomic mass is 19.1. The Hall–Kier alpha value is -3.28. The largest absolute Gasteiger partial charge is 0.351 e. The summed E-state index contributed by atoms with van der Waals surface area (Å²) in [5.41, 5.74) is 4.95. The molecule has 3 aromatic heterocycles. The maximum Gasteiger partial charge on any atom is 0.135 e. The van der Waals surface area contributed by atoms with Crippen molar-refractivity contribution in [3.63, 3.8) is 0 Å². The van der Waals surface area contributed by atoms with Gasteiger partial charge >= 0.3 is 0 Å². The predicted octanol–water partition coefficient (Wildman–Crippen LogP) is 3.85. The fourth-order valence-corrected chi connectivity index (χ4v) is 3.30. The summed E-state index contributed by atoms with van der Waals surface area (Å²) in [5.74, 6) is 0.788. The number of benzene rings is 1. The van der Waals surface area contributed by atoms with E-state index in [9.17, 15) is 4.39 Å². The van der Waals surface area contributed by atoms with Gasteiger partial charge in [-0.1, -0.05) is 12.1 Å².